The SMILES string of the molecule is Cc1c(C)c(C)c2c(c1C)c(=O)c(C(=O)O)c1n2C(C)CC1.[Y]. The molecule has 0 saturated heterocycles. The topological polar surface area (TPSA) is 59.3 Å². The molecule has 3 rings (SSSR count). The van der Waals surface area contributed by atoms with Crippen molar-refractivity contribution in [1.82, 2.24) is 4.57 Å². The molecule has 0 amide bonds. The molecule has 23 heavy (non-hydrogen) atoms. The molecule has 1 unspecified atom stereocenters. The van der Waals surface area contributed by atoms with Gasteiger partial charge in [-0.1, -0.05) is 0 Å². The van der Waals surface area contributed by atoms with E-state index in [1.807, 2.05) is 20.8 Å². The van der Waals surface area contributed by atoms with Gasteiger partial charge in [0, 0.05) is 44.4 Å². The second kappa shape index (κ2) is 6.14. The zero-order chi connectivity index (χ0) is 16.3. The maximum absolute atomic E-state index is 12.9. The minimum absolute atomic E-state index is 0. The van der Waals surface area contributed by atoms with Crippen LogP contribution < -0.4 is 5.43 Å². The van der Waals surface area contributed by atoms with Crippen LogP contribution in [0.25, 0.3) is 10.9 Å². The Hall–Kier alpha value is -0.996. The molecule has 0 fully saturated rings. The van der Waals surface area contributed by atoms with Gasteiger partial charge in [-0.2, -0.15) is 0 Å². The molecule has 0 spiro atoms. The monoisotopic (exact) mass is 388 g/mol. The first-order valence-corrected chi connectivity index (χ1v) is 7.68. The van der Waals surface area contributed by atoms with Crippen molar-refractivity contribution in [3.8, 4) is 0 Å². The number of carboxylic acids is 1. The summed E-state index contributed by atoms with van der Waals surface area (Å²) >= 11 is 0. The first-order valence-electron chi connectivity index (χ1n) is 7.68. The molecule has 1 aliphatic rings. The van der Waals surface area contributed by atoms with Gasteiger partial charge in [0.05, 0.1) is 10.9 Å². The molecule has 1 N–H and O–H groups in total. The van der Waals surface area contributed by atoms with Crippen molar-refractivity contribution in [2.24, 2.45) is 0 Å². The Labute approximate surface area is 160 Å². The summed E-state index contributed by atoms with van der Waals surface area (Å²) in [6.07, 6.45) is 1.53. The summed E-state index contributed by atoms with van der Waals surface area (Å²) in [5.41, 5.74) is 5.49. The molecule has 119 valence electrons. The molecule has 0 aliphatic carbocycles. The van der Waals surface area contributed by atoms with Crippen LogP contribution in [-0.2, 0) is 39.1 Å². The van der Waals surface area contributed by atoms with E-state index in [1.165, 1.54) is 5.56 Å². The standard InChI is InChI=1S/C18H21NO3.Y/c1-8-6-7-13-15(18(21)22)17(20)14-11(4)9(2)10(3)12(5)16(14)19(8)13;/h8H,6-7H2,1-5H3,(H,21,22);. The van der Waals surface area contributed by atoms with Gasteiger partial charge in [0.1, 0.15) is 5.56 Å². The molecule has 0 saturated carbocycles. The number of pyridine rings is 1. The molecular weight excluding hydrogens is 367 g/mol. The normalized spacial score (nSPS) is 16.3. The third-order valence-electron chi connectivity index (χ3n) is 5.38. The minimum atomic E-state index is -1.11. The van der Waals surface area contributed by atoms with Crippen LogP contribution in [0.15, 0.2) is 4.79 Å². The molecule has 1 aromatic heterocycles. The Morgan fingerprint density at radius 1 is 1.09 bits per heavy atom. The van der Waals surface area contributed by atoms with Crippen molar-refractivity contribution < 1.29 is 42.6 Å². The molecule has 1 aliphatic heterocycles. The van der Waals surface area contributed by atoms with E-state index in [0.717, 1.165) is 28.6 Å². The van der Waals surface area contributed by atoms with Crippen LogP contribution in [0, 0.1) is 27.7 Å². The minimum Gasteiger partial charge on any atom is -0.477 e. The number of hydrogen-bond donors (Lipinski definition) is 1. The van der Waals surface area contributed by atoms with Crippen LogP contribution in [0.4, 0.5) is 0 Å². The maximum Gasteiger partial charge on any atom is 0.341 e. The zero-order valence-electron chi connectivity index (χ0n) is 14.3. The zero-order valence-corrected chi connectivity index (χ0v) is 17.1. The van der Waals surface area contributed by atoms with E-state index in [9.17, 15) is 14.7 Å². The third-order valence-corrected chi connectivity index (χ3v) is 5.38. The van der Waals surface area contributed by atoms with Crippen molar-refractivity contribution in [2.45, 2.75) is 53.5 Å². The average Bonchev–Trinajstić information content (AvgIpc) is 2.82. The van der Waals surface area contributed by atoms with Gasteiger partial charge in [0.2, 0.25) is 5.43 Å². The predicted octanol–water partition coefficient (Wildman–Crippen LogP) is 3.44. The van der Waals surface area contributed by atoms with E-state index in [0.29, 0.717) is 17.5 Å². The largest absolute Gasteiger partial charge is 0.477 e. The fourth-order valence-corrected chi connectivity index (χ4v) is 3.81. The van der Waals surface area contributed by atoms with Gasteiger partial charge in [0.25, 0.3) is 0 Å². The predicted molar refractivity (Wildman–Crippen MR) is 87.1 cm³/mol. The van der Waals surface area contributed by atoms with Gasteiger partial charge in [-0.3, -0.25) is 4.79 Å². The summed E-state index contributed by atoms with van der Waals surface area (Å²) < 4.78 is 2.09. The van der Waals surface area contributed by atoms with Gasteiger partial charge in [0.15, 0.2) is 0 Å². The smallest absolute Gasteiger partial charge is 0.341 e. The molecule has 4 nitrogen and oxygen atoms in total. The summed E-state index contributed by atoms with van der Waals surface area (Å²) in [7, 11) is 0. The van der Waals surface area contributed by atoms with E-state index in [1.54, 1.807) is 0 Å². The maximum atomic E-state index is 12.9. The number of carboxylic acid groups (broad SMARTS) is 1. The number of carbonyl (C=O) groups is 1. The van der Waals surface area contributed by atoms with Crippen LogP contribution in [0.3, 0.4) is 0 Å². The Balaban J connectivity index is 0.00000192. The summed E-state index contributed by atoms with van der Waals surface area (Å²) in [5, 5.41) is 10.1. The van der Waals surface area contributed by atoms with Crippen molar-refractivity contribution in [3.63, 3.8) is 0 Å². The van der Waals surface area contributed by atoms with Crippen LogP contribution in [0.1, 0.15) is 57.7 Å². The summed E-state index contributed by atoms with van der Waals surface area (Å²) in [6.45, 7) is 10.1. The fraction of sp³-hybridized carbons (Fsp3) is 0.444. The number of aryl methyl sites for hydroxylation is 2. The quantitative estimate of drug-likeness (QED) is 0.814. The third kappa shape index (κ3) is 2.42. The molecule has 1 aromatic carbocycles. The first kappa shape index (κ1) is 18.3. The van der Waals surface area contributed by atoms with Crippen molar-refractivity contribution in [3.05, 3.63) is 43.7 Å². The Bertz CT molecular complexity index is 896. The van der Waals surface area contributed by atoms with E-state index < -0.39 is 5.97 Å². The molecule has 5 heteroatoms. The van der Waals surface area contributed by atoms with Gasteiger partial charge < -0.3 is 9.67 Å². The summed E-state index contributed by atoms with van der Waals surface area (Å²) in [5.74, 6) is -1.11. The van der Waals surface area contributed by atoms with Gasteiger partial charge >= 0.3 is 5.97 Å². The number of hydrogen-bond acceptors (Lipinski definition) is 2. The number of nitrogens with zero attached hydrogens (tertiary/aromatic N) is 1. The van der Waals surface area contributed by atoms with E-state index in [4.69, 9.17) is 0 Å². The Morgan fingerprint density at radius 2 is 1.65 bits per heavy atom. The van der Waals surface area contributed by atoms with E-state index >= 15 is 0 Å². The van der Waals surface area contributed by atoms with Gasteiger partial charge in [-0.25, -0.2) is 4.79 Å². The molecular formula is C18H21NO3Y. The van der Waals surface area contributed by atoms with Crippen molar-refractivity contribution >= 4 is 16.9 Å². The fourth-order valence-electron chi connectivity index (χ4n) is 3.81. The van der Waals surface area contributed by atoms with Gasteiger partial charge in [-0.05, 0) is 69.7 Å². The molecule has 0 bridgehead atoms. The van der Waals surface area contributed by atoms with Gasteiger partial charge in [-0.15, -0.1) is 0 Å². The number of aromatic carboxylic acids is 1. The van der Waals surface area contributed by atoms with Crippen LogP contribution in [0.5, 0.6) is 0 Å². The molecule has 1 atom stereocenters. The Kier molecular flexibility index (Phi) is 4.90. The molecule has 1 radical (unpaired) electrons. The first-order chi connectivity index (χ1) is 10.3. The molecule has 2 heterocycles. The van der Waals surface area contributed by atoms with Crippen LogP contribution >= 0.6 is 0 Å². The average molecular weight is 388 g/mol. The van der Waals surface area contributed by atoms with E-state index in [-0.39, 0.29) is 49.7 Å². The van der Waals surface area contributed by atoms with Crippen LogP contribution in [-0.4, -0.2) is 15.6 Å². The van der Waals surface area contributed by atoms with Crippen molar-refractivity contribution in [1.29, 1.82) is 0 Å². The second-order valence-electron chi connectivity index (χ2n) is 6.44. The van der Waals surface area contributed by atoms with Crippen molar-refractivity contribution in [2.75, 3.05) is 0 Å². The number of benzene rings is 1. The summed E-state index contributed by atoms with van der Waals surface area (Å²) in [6, 6.07) is 0.219. The second-order valence-corrected chi connectivity index (χ2v) is 6.44. The number of aromatic nitrogens is 1. The summed E-state index contributed by atoms with van der Waals surface area (Å²) in [4.78, 5) is 24.5. The number of fused-ring (bicyclic) bond motifs is 3. The van der Waals surface area contributed by atoms with E-state index in [2.05, 4.69) is 18.4 Å². The van der Waals surface area contributed by atoms with Crippen LogP contribution in [0.2, 0.25) is 0 Å². The number of rotatable bonds is 1. The Morgan fingerprint density at radius 3 is 2.22 bits per heavy atom. The molecule has 2 aromatic rings.